The highest BCUT2D eigenvalue weighted by molar-refractivity contribution is 6.30. The Kier molecular flexibility index (Phi) is 5.81. The number of anilines is 2. The zero-order valence-electron chi connectivity index (χ0n) is 13.9. The second-order valence-corrected chi connectivity index (χ2v) is 6.10. The standard InChI is InChI=1S/C20H17ClFN3O/c21-15-5-3-6-16(12-15)25-17-9-11-23-19(13-17)20(26)24-10-8-14-4-1-2-7-18(14)22/h1-7,9,11-13H,8,10H2,(H,23,25)(H,24,26). The Morgan fingerprint density at radius 1 is 1.04 bits per heavy atom. The molecule has 0 aliphatic rings. The van der Waals surface area contributed by atoms with Gasteiger partial charge in [-0.15, -0.1) is 0 Å². The van der Waals surface area contributed by atoms with E-state index in [1.807, 2.05) is 12.1 Å². The van der Waals surface area contributed by atoms with Crippen LogP contribution in [0.25, 0.3) is 0 Å². The normalized spacial score (nSPS) is 10.4. The average Bonchev–Trinajstić information content (AvgIpc) is 2.63. The van der Waals surface area contributed by atoms with Gasteiger partial charge in [0.2, 0.25) is 0 Å². The van der Waals surface area contributed by atoms with Crippen molar-refractivity contribution in [2.45, 2.75) is 6.42 Å². The van der Waals surface area contributed by atoms with Crippen LogP contribution in [0, 0.1) is 5.82 Å². The number of rotatable bonds is 6. The lowest BCUT2D eigenvalue weighted by Crippen LogP contribution is -2.26. The van der Waals surface area contributed by atoms with Crippen LogP contribution in [0.3, 0.4) is 0 Å². The lowest BCUT2D eigenvalue weighted by atomic mass is 10.1. The molecule has 0 bridgehead atoms. The van der Waals surface area contributed by atoms with Crippen molar-refractivity contribution in [3.05, 3.63) is 89.0 Å². The lowest BCUT2D eigenvalue weighted by Gasteiger charge is -2.09. The molecule has 132 valence electrons. The first-order valence-corrected chi connectivity index (χ1v) is 8.50. The van der Waals surface area contributed by atoms with Crippen LogP contribution in [-0.2, 0) is 6.42 Å². The summed E-state index contributed by atoms with van der Waals surface area (Å²) in [5, 5.41) is 6.55. The molecule has 0 spiro atoms. The third-order valence-corrected chi connectivity index (χ3v) is 3.98. The fourth-order valence-corrected chi connectivity index (χ4v) is 2.66. The monoisotopic (exact) mass is 369 g/mol. The number of carbonyl (C=O) groups is 1. The van der Waals surface area contributed by atoms with Gasteiger partial charge in [-0.2, -0.15) is 0 Å². The number of benzene rings is 2. The van der Waals surface area contributed by atoms with Crippen LogP contribution in [0.1, 0.15) is 16.1 Å². The second kappa shape index (κ2) is 8.45. The summed E-state index contributed by atoms with van der Waals surface area (Å²) < 4.78 is 13.6. The molecule has 1 heterocycles. The third kappa shape index (κ3) is 4.80. The zero-order valence-corrected chi connectivity index (χ0v) is 14.6. The number of amides is 1. The summed E-state index contributed by atoms with van der Waals surface area (Å²) in [6, 6.07) is 17.2. The van der Waals surface area contributed by atoms with Gasteiger partial charge in [0.15, 0.2) is 0 Å². The lowest BCUT2D eigenvalue weighted by molar-refractivity contribution is 0.0949. The Morgan fingerprint density at radius 2 is 1.85 bits per heavy atom. The highest BCUT2D eigenvalue weighted by Crippen LogP contribution is 2.20. The summed E-state index contributed by atoms with van der Waals surface area (Å²) in [7, 11) is 0. The van der Waals surface area contributed by atoms with Crippen molar-refractivity contribution in [2.24, 2.45) is 0 Å². The van der Waals surface area contributed by atoms with E-state index in [0.29, 0.717) is 23.6 Å². The molecule has 2 aromatic carbocycles. The van der Waals surface area contributed by atoms with E-state index in [-0.39, 0.29) is 17.4 Å². The highest BCUT2D eigenvalue weighted by Gasteiger charge is 2.08. The van der Waals surface area contributed by atoms with Gasteiger partial charge in [0, 0.05) is 29.1 Å². The topological polar surface area (TPSA) is 54.0 Å². The van der Waals surface area contributed by atoms with E-state index in [4.69, 9.17) is 11.6 Å². The molecular formula is C20H17ClFN3O. The Bertz CT molecular complexity index is 917. The molecule has 3 aromatic rings. The molecule has 0 radical (unpaired) electrons. The summed E-state index contributed by atoms with van der Waals surface area (Å²) in [5.41, 5.74) is 2.39. The van der Waals surface area contributed by atoms with Crippen LogP contribution in [0.5, 0.6) is 0 Å². The number of nitrogens with one attached hydrogen (secondary N) is 2. The van der Waals surface area contributed by atoms with Crippen molar-refractivity contribution in [3.63, 3.8) is 0 Å². The van der Waals surface area contributed by atoms with Gasteiger partial charge < -0.3 is 10.6 Å². The van der Waals surface area contributed by atoms with Crippen molar-refractivity contribution in [2.75, 3.05) is 11.9 Å². The molecule has 6 heteroatoms. The Hall–Kier alpha value is -2.92. The van der Waals surface area contributed by atoms with Crippen LogP contribution >= 0.6 is 11.6 Å². The summed E-state index contributed by atoms with van der Waals surface area (Å²) in [6.07, 6.45) is 1.97. The molecule has 26 heavy (non-hydrogen) atoms. The molecule has 0 saturated carbocycles. The minimum Gasteiger partial charge on any atom is -0.355 e. The first-order chi connectivity index (χ1) is 12.6. The van der Waals surface area contributed by atoms with Gasteiger partial charge in [0.1, 0.15) is 11.5 Å². The minimum absolute atomic E-state index is 0.271. The number of pyridine rings is 1. The maximum atomic E-state index is 13.6. The van der Waals surface area contributed by atoms with Gasteiger partial charge >= 0.3 is 0 Å². The molecule has 0 fully saturated rings. The van der Waals surface area contributed by atoms with Crippen molar-refractivity contribution in [1.82, 2.24) is 10.3 Å². The number of hydrogen-bond donors (Lipinski definition) is 2. The van der Waals surface area contributed by atoms with Crippen LogP contribution in [0.2, 0.25) is 5.02 Å². The van der Waals surface area contributed by atoms with Crippen molar-refractivity contribution in [1.29, 1.82) is 0 Å². The molecular weight excluding hydrogens is 353 g/mol. The van der Waals surface area contributed by atoms with E-state index in [2.05, 4.69) is 15.6 Å². The largest absolute Gasteiger partial charge is 0.355 e. The molecule has 0 unspecified atom stereocenters. The summed E-state index contributed by atoms with van der Waals surface area (Å²) in [4.78, 5) is 16.4. The van der Waals surface area contributed by atoms with Crippen LogP contribution in [-0.4, -0.2) is 17.4 Å². The van der Waals surface area contributed by atoms with Gasteiger partial charge in [-0.05, 0) is 48.4 Å². The Morgan fingerprint density at radius 3 is 2.65 bits per heavy atom. The van der Waals surface area contributed by atoms with E-state index >= 15 is 0 Å². The van der Waals surface area contributed by atoms with E-state index in [9.17, 15) is 9.18 Å². The molecule has 4 nitrogen and oxygen atoms in total. The van der Waals surface area contributed by atoms with Crippen molar-refractivity contribution >= 4 is 28.9 Å². The predicted molar refractivity (Wildman–Crippen MR) is 101 cm³/mol. The second-order valence-electron chi connectivity index (χ2n) is 5.66. The molecule has 0 atom stereocenters. The van der Waals surface area contributed by atoms with Gasteiger partial charge in [-0.3, -0.25) is 9.78 Å². The van der Waals surface area contributed by atoms with Gasteiger partial charge in [-0.25, -0.2) is 4.39 Å². The van der Waals surface area contributed by atoms with E-state index < -0.39 is 0 Å². The van der Waals surface area contributed by atoms with Gasteiger partial charge in [-0.1, -0.05) is 35.9 Å². The molecule has 0 saturated heterocycles. The Balaban J connectivity index is 1.60. The number of halogens is 2. The highest BCUT2D eigenvalue weighted by atomic mass is 35.5. The van der Waals surface area contributed by atoms with Crippen LogP contribution in [0.4, 0.5) is 15.8 Å². The number of carbonyl (C=O) groups excluding carboxylic acids is 1. The Labute approximate surface area is 156 Å². The average molecular weight is 370 g/mol. The van der Waals surface area contributed by atoms with Crippen molar-refractivity contribution < 1.29 is 9.18 Å². The van der Waals surface area contributed by atoms with Crippen LogP contribution in [0.15, 0.2) is 66.9 Å². The summed E-state index contributed by atoms with van der Waals surface area (Å²) >= 11 is 5.97. The maximum absolute atomic E-state index is 13.6. The van der Waals surface area contributed by atoms with Crippen LogP contribution < -0.4 is 10.6 Å². The fraction of sp³-hybridized carbons (Fsp3) is 0.100. The first-order valence-electron chi connectivity index (χ1n) is 8.12. The number of hydrogen-bond acceptors (Lipinski definition) is 3. The van der Waals surface area contributed by atoms with E-state index in [1.54, 1.807) is 48.7 Å². The quantitative estimate of drug-likeness (QED) is 0.668. The zero-order chi connectivity index (χ0) is 18.4. The molecule has 1 aromatic heterocycles. The smallest absolute Gasteiger partial charge is 0.269 e. The fourth-order valence-electron chi connectivity index (χ4n) is 2.47. The molecule has 0 aliphatic carbocycles. The predicted octanol–water partition coefficient (Wildman–Crippen LogP) is 4.59. The molecule has 1 amide bonds. The minimum atomic E-state index is -0.309. The maximum Gasteiger partial charge on any atom is 0.269 e. The van der Waals surface area contributed by atoms with Crippen molar-refractivity contribution in [3.8, 4) is 0 Å². The third-order valence-electron chi connectivity index (χ3n) is 3.74. The summed E-state index contributed by atoms with van der Waals surface area (Å²) in [6.45, 7) is 0.327. The number of aromatic nitrogens is 1. The SMILES string of the molecule is O=C(NCCc1ccccc1F)c1cc(Nc2cccc(Cl)c2)ccn1. The first kappa shape index (κ1) is 17.9. The van der Waals surface area contributed by atoms with Gasteiger partial charge in [0.25, 0.3) is 5.91 Å². The molecule has 3 rings (SSSR count). The molecule has 2 N–H and O–H groups in total. The van der Waals surface area contributed by atoms with Gasteiger partial charge in [0.05, 0.1) is 0 Å². The molecule has 0 aliphatic heterocycles. The van der Waals surface area contributed by atoms with E-state index in [0.717, 1.165) is 11.4 Å². The summed E-state index contributed by atoms with van der Waals surface area (Å²) in [5.74, 6) is -0.580. The van der Waals surface area contributed by atoms with E-state index in [1.165, 1.54) is 6.07 Å². The number of nitrogens with zero attached hydrogens (tertiary/aromatic N) is 1.